The Morgan fingerprint density at radius 2 is 2.12 bits per heavy atom. The van der Waals surface area contributed by atoms with Crippen LogP contribution in [0.4, 0.5) is 0 Å². The standard InChI is InChI=1S/C12H15Br2NOS/c1-8(7-17-3)15(2)12(16)10-5-4-9(13)6-11(10)14/h4-6,8H,7H2,1-3H3. The van der Waals surface area contributed by atoms with Gasteiger partial charge in [-0.25, -0.2) is 0 Å². The van der Waals surface area contributed by atoms with Gasteiger partial charge in [-0.3, -0.25) is 4.79 Å². The number of benzene rings is 1. The van der Waals surface area contributed by atoms with Crippen LogP contribution in [0.25, 0.3) is 0 Å². The van der Waals surface area contributed by atoms with Gasteiger partial charge in [0.1, 0.15) is 0 Å². The molecule has 0 aromatic heterocycles. The van der Waals surface area contributed by atoms with Crippen molar-refractivity contribution in [3.63, 3.8) is 0 Å². The van der Waals surface area contributed by atoms with E-state index in [1.807, 2.05) is 31.5 Å². The van der Waals surface area contributed by atoms with Crippen molar-refractivity contribution in [1.82, 2.24) is 4.90 Å². The zero-order valence-corrected chi connectivity index (χ0v) is 14.0. The van der Waals surface area contributed by atoms with E-state index in [1.54, 1.807) is 16.7 Å². The largest absolute Gasteiger partial charge is 0.338 e. The molecule has 0 fully saturated rings. The second-order valence-corrected chi connectivity index (χ2v) is 6.53. The fourth-order valence-electron chi connectivity index (χ4n) is 1.41. The van der Waals surface area contributed by atoms with Crippen LogP contribution in [-0.4, -0.2) is 35.9 Å². The van der Waals surface area contributed by atoms with Crippen LogP contribution in [0.15, 0.2) is 27.1 Å². The first-order valence-electron chi connectivity index (χ1n) is 5.18. The number of hydrogen-bond donors (Lipinski definition) is 0. The molecule has 5 heteroatoms. The average Bonchev–Trinajstić information content (AvgIpc) is 2.27. The molecule has 1 amide bonds. The Kier molecular flexibility index (Phi) is 6.03. The third-order valence-electron chi connectivity index (χ3n) is 2.55. The van der Waals surface area contributed by atoms with Gasteiger partial charge in [-0.2, -0.15) is 11.8 Å². The summed E-state index contributed by atoms with van der Waals surface area (Å²) in [5.74, 6) is 0.988. The first kappa shape index (κ1) is 15.1. The second kappa shape index (κ2) is 6.81. The number of nitrogens with zero attached hydrogens (tertiary/aromatic N) is 1. The molecule has 1 atom stereocenters. The summed E-state index contributed by atoms with van der Waals surface area (Å²) >= 11 is 8.54. The van der Waals surface area contributed by atoms with Crippen molar-refractivity contribution in [3.05, 3.63) is 32.7 Å². The molecule has 0 heterocycles. The Balaban J connectivity index is 2.88. The molecule has 94 valence electrons. The summed E-state index contributed by atoms with van der Waals surface area (Å²) in [5.41, 5.74) is 0.698. The summed E-state index contributed by atoms with van der Waals surface area (Å²) in [6, 6.07) is 5.83. The quantitative estimate of drug-likeness (QED) is 0.785. The van der Waals surface area contributed by atoms with E-state index >= 15 is 0 Å². The van der Waals surface area contributed by atoms with Gasteiger partial charge in [0.2, 0.25) is 0 Å². The van der Waals surface area contributed by atoms with Crippen molar-refractivity contribution in [2.75, 3.05) is 19.1 Å². The van der Waals surface area contributed by atoms with Gasteiger partial charge in [0.25, 0.3) is 5.91 Å². The summed E-state index contributed by atoms with van der Waals surface area (Å²) in [5, 5.41) is 0. The molecule has 0 aliphatic rings. The molecule has 0 N–H and O–H groups in total. The SMILES string of the molecule is CSCC(C)N(C)C(=O)c1ccc(Br)cc1Br. The monoisotopic (exact) mass is 379 g/mol. The molecular weight excluding hydrogens is 366 g/mol. The molecule has 2 nitrogen and oxygen atoms in total. The lowest BCUT2D eigenvalue weighted by Crippen LogP contribution is -2.36. The fraction of sp³-hybridized carbons (Fsp3) is 0.417. The zero-order chi connectivity index (χ0) is 13.0. The molecule has 0 radical (unpaired) electrons. The fourth-order valence-corrected chi connectivity index (χ4v) is 3.33. The second-order valence-electron chi connectivity index (χ2n) is 3.84. The lowest BCUT2D eigenvalue weighted by molar-refractivity contribution is 0.0756. The highest BCUT2D eigenvalue weighted by Crippen LogP contribution is 2.23. The summed E-state index contributed by atoms with van der Waals surface area (Å²) in [6.45, 7) is 2.06. The average molecular weight is 381 g/mol. The van der Waals surface area contributed by atoms with Crippen LogP contribution in [0.1, 0.15) is 17.3 Å². The third-order valence-corrected chi connectivity index (χ3v) is 4.52. The number of hydrogen-bond acceptors (Lipinski definition) is 2. The van der Waals surface area contributed by atoms with Crippen molar-refractivity contribution in [2.24, 2.45) is 0 Å². The number of thioether (sulfide) groups is 1. The molecule has 0 saturated carbocycles. The minimum absolute atomic E-state index is 0.0472. The van der Waals surface area contributed by atoms with Gasteiger partial charge < -0.3 is 4.90 Å². The summed E-state index contributed by atoms with van der Waals surface area (Å²) < 4.78 is 1.78. The van der Waals surface area contributed by atoms with Crippen LogP contribution in [0.3, 0.4) is 0 Å². The Morgan fingerprint density at radius 1 is 1.47 bits per heavy atom. The number of amides is 1. The molecule has 1 rings (SSSR count). The maximum atomic E-state index is 12.3. The lowest BCUT2D eigenvalue weighted by Gasteiger charge is -2.24. The highest BCUT2D eigenvalue weighted by Gasteiger charge is 2.19. The zero-order valence-electron chi connectivity index (χ0n) is 10.0. The summed E-state index contributed by atoms with van der Waals surface area (Å²) in [6.07, 6.45) is 2.05. The van der Waals surface area contributed by atoms with Crippen LogP contribution in [0.5, 0.6) is 0 Å². The van der Waals surface area contributed by atoms with E-state index in [9.17, 15) is 4.79 Å². The van der Waals surface area contributed by atoms with Gasteiger partial charge in [-0.05, 0) is 47.3 Å². The van der Waals surface area contributed by atoms with E-state index in [0.29, 0.717) is 5.56 Å². The highest BCUT2D eigenvalue weighted by atomic mass is 79.9. The minimum atomic E-state index is 0.0472. The van der Waals surface area contributed by atoms with E-state index in [1.165, 1.54) is 0 Å². The Morgan fingerprint density at radius 3 is 2.65 bits per heavy atom. The maximum Gasteiger partial charge on any atom is 0.255 e. The van der Waals surface area contributed by atoms with Crippen LogP contribution in [-0.2, 0) is 0 Å². The molecule has 1 aromatic carbocycles. The lowest BCUT2D eigenvalue weighted by atomic mass is 10.2. The van der Waals surface area contributed by atoms with Crippen molar-refractivity contribution in [3.8, 4) is 0 Å². The van der Waals surface area contributed by atoms with Crippen LogP contribution < -0.4 is 0 Å². The van der Waals surface area contributed by atoms with E-state index in [4.69, 9.17) is 0 Å². The van der Waals surface area contributed by atoms with Crippen LogP contribution in [0.2, 0.25) is 0 Å². The normalized spacial score (nSPS) is 12.3. The van der Waals surface area contributed by atoms with Gasteiger partial charge in [0, 0.05) is 27.8 Å². The van der Waals surface area contributed by atoms with Gasteiger partial charge in [0.05, 0.1) is 5.56 Å². The summed E-state index contributed by atoms with van der Waals surface area (Å²) in [4.78, 5) is 14.0. The van der Waals surface area contributed by atoms with E-state index in [0.717, 1.165) is 14.7 Å². The number of carbonyl (C=O) groups is 1. The van der Waals surface area contributed by atoms with E-state index in [-0.39, 0.29) is 11.9 Å². The highest BCUT2D eigenvalue weighted by molar-refractivity contribution is 9.11. The van der Waals surface area contributed by atoms with Crippen molar-refractivity contribution < 1.29 is 4.79 Å². The molecule has 1 aromatic rings. The minimum Gasteiger partial charge on any atom is -0.338 e. The first-order chi connectivity index (χ1) is 7.97. The van der Waals surface area contributed by atoms with Crippen molar-refractivity contribution in [2.45, 2.75) is 13.0 Å². The molecule has 0 aliphatic heterocycles. The topological polar surface area (TPSA) is 20.3 Å². The Hall–Kier alpha value is -0.000000000000000111. The van der Waals surface area contributed by atoms with Gasteiger partial charge >= 0.3 is 0 Å². The van der Waals surface area contributed by atoms with Gasteiger partial charge in [-0.1, -0.05) is 15.9 Å². The van der Waals surface area contributed by atoms with Crippen LogP contribution >= 0.6 is 43.6 Å². The smallest absolute Gasteiger partial charge is 0.255 e. The molecule has 0 spiro atoms. The van der Waals surface area contributed by atoms with Crippen molar-refractivity contribution >= 4 is 49.5 Å². The van der Waals surface area contributed by atoms with Gasteiger partial charge in [-0.15, -0.1) is 0 Å². The molecule has 17 heavy (non-hydrogen) atoms. The maximum absolute atomic E-state index is 12.3. The first-order valence-corrected chi connectivity index (χ1v) is 8.16. The third kappa shape index (κ3) is 4.00. The van der Waals surface area contributed by atoms with E-state index in [2.05, 4.69) is 38.8 Å². The number of halogens is 2. The number of carbonyl (C=O) groups excluding carboxylic acids is 1. The number of rotatable bonds is 4. The summed E-state index contributed by atoms with van der Waals surface area (Å²) in [7, 11) is 1.84. The molecule has 0 bridgehead atoms. The molecular formula is C12H15Br2NOS. The van der Waals surface area contributed by atoms with E-state index < -0.39 is 0 Å². The predicted molar refractivity (Wildman–Crippen MR) is 81.8 cm³/mol. The van der Waals surface area contributed by atoms with Crippen LogP contribution in [0, 0.1) is 0 Å². The molecule has 1 unspecified atom stereocenters. The Labute approximate surface area is 123 Å². The molecule has 0 aliphatic carbocycles. The van der Waals surface area contributed by atoms with Gasteiger partial charge in [0.15, 0.2) is 0 Å². The molecule has 0 saturated heterocycles. The predicted octanol–water partition coefficient (Wildman–Crippen LogP) is 4.04. The Bertz CT molecular complexity index is 411. The van der Waals surface area contributed by atoms with Crippen molar-refractivity contribution in [1.29, 1.82) is 0 Å².